The van der Waals surface area contributed by atoms with Crippen molar-refractivity contribution in [3.63, 3.8) is 0 Å². The van der Waals surface area contributed by atoms with Crippen LogP contribution in [-0.2, 0) is 4.79 Å². The van der Waals surface area contributed by atoms with Crippen LogP contribution in [0.25, 0.3) is 0 Å². The molecular weight excluding hydrogens is 214 g/mol. The van der Waals surface area contributed by atoms with Crippen LogP contribution in [0.15, 0.2) is 0 Å². The summed E-state index contributed by atoms with van der Waals surface area (Å²) in [6.07, 6.45) is 3.58. The van der Waals surface area contributed by atoms with Gasteiger partial charge >= 0.3 is 0 Å². The van der Waals surface area contributed by atoms with E-state index in [1.54, 1.807) is 0 Å². The lowest BCUT2D eigenvalue weighted by molar-refractivity contribution is -0.128. The summed E-state index contributed by atoms with van der Waals surface area (Å²) in [6.45, 7) is 8.91. The third-order valence-electron chi connectivity index (χ3n) is 3.78. The van der Waals surface area contributed by atoms with E-state index in [4.69, 9.17) is 0 Å². The highest BCUT2D eigenvalue weighted by atomic mass is 16.2. The van der Waals surface area contributed by atoms with E-state index in [2.05, 4.69) is 38.0 Å². The van der Waals surface area contributed by atoms with E-state index in [1.165, 1.54) is 0 Å². The fraction of sp³-hybridized carbons (Fsp3) is 0.923. The molecule has 0 aromatic rings. The van der Waals surface area contributed by atoms with Crippen LogP contribution in [0.5, 0.6) is 0 Å². The van der Waals surface area contributed by atoms with Crippen LogP contribution in [0.2, 0.25) is 0 Å². The van der Waals surface area contributed by atoms with Gasteiger partial charge in [0.15, 0.2) is 0 Å². The first kappa shape index (κ1) is 14.5. The Kier molecular flexibility index (Phi) is 5.92. The van der Waals surface area contributed by atoms with Crippen LogP contribution < -0.4 is 5.32 Å². The average molecular weight is 241 g/mol. The van der Waals surface area contributed by atoms with E-state index in [9.17, 15) is 4.79 Å². The summed E-state index contributed by atoms with van der Waals surface area (Å²) in [5.41, 5.74) is 0. The van der Waals surface area contributed by atoms with E-state index in [0.717, 1.165) is 32.4 Å². The molecule has 1 amide bonds. The zero-order valence-corrected chi connectivity index (χ0v) is 11.7. The number of likely N-dealkylation sites (N-methyl/N-ethyl adjacent to an activating group) is 1. The van der Waals surface area contributed by atoms with E-state index in [-0.39, 0.29) is 12.1 Å². The van der Waals surface area contributed by atoms with Gasteiger partial charge in [0, 0.05) is 19.1 Å². The Morgan fingerprint density at radius 1 is 1.53 bits per heavy atom. The van der Waals surface area contributed by atoms with Gasteiger partial charge in [-0.1, -0.05) is 20.3 Å². The van der Waals surface area contributed by atoms with E-state index in [0.29, 0.717) is 12.6 Å². The number of nitrogens with one attached hydrogen (secondary N) is 1. The molecule has 100 valence electrons. The Hall–Kier alpha value is -0.610. The second kappa shape index (κ2) is 6.97. The molecule has 1 rings (SSSR count). The smallest absolute Gasteiger partial charge is 0.237 e. The van der Waals surface area contributed by atoms with Crippen LogP contribution in [0, 0.1) is 0 Å². The molecule has 4 heteroatoms. The molecule has 17 heavy (non-hydrogen) atoms. The summed E-state index contributed by atoms with van der Waals surface area (Å²) in [5, 5.41) is 3.28. The molecule has 1 fully saturated rings. The Bertz CT molecular complexity index is 245. The van der Waals surface area contributed by atoms with Gasteiger partial charge in [-0.05, 0) is 26.8 Å². The fourth-order valence-electron chi connectivity index (χ4n) is 2.20. The number of rotatable bonds is 7. The van der Waals surface area contributed by atoms with Crippen LogP contribution in [0.3, 0.4) is 0 Å². The maximum atomic E-state index is 11.8. The molecule has 1 aliphatic heterocycles. The number of carbonyl (C=O) groups is 1. The zero-order valence-electron chi connectivity index (χ0n) is 11.7. The summed E-state index contributed by atoms with van der Waals surface area (Å²) in [5.74, 6) is 0.251. The van der Waals surface area contributed by atoms with Gasteiger partial charge in [0.25, 0.3) is 0 Å². The molecule has 1 saturated heterocycles. The summed E-state index contributed by atoms with van der Waals surface area (Å²) in [4.78, 5) is 16.1. The maximum absolute atomic E-state index is 11.8. The lowest BCUT2D eigenvalue weighted by Crippen LogP contribution is -2.43. The highest BCUT2D eigenvalue weighted by Crippen LogP contribution is 2.11. The molecule has 0 spiro atoms. The molecule has 1 heterocycles. The Morgan fingerprint density at radius 3 is 2.82 bits per heavy atom. The third kappa shape index (κ3) is 3.96. The Balaban J connectivity index is 2.40. The molecule has 0 aliphatic carbocycles. The molecule has 1 aliphatic rings. The second-order valence-electron chi connectivity index (χ2n) is 5.01. The number of hydrogen-bond donors (Lipinski definition) is 1. The first-order valence-corrected chi connectivity index (χ1v) is 6.83. The maximum Gasteiger partial charge on any atom is 0.237 e. The second-order valence-corrected chi connectivity index (χ2v) is 5.01. The van der Waals surface area contributed by atoms with Gasteiger partial charge in [-0.25, -0.2) is 0 Å². The molecule has 2 atom stereocenters. The first-order chi connectivity index (χ1) is 8.10. The van der Waals surface area contributed by atoms with Crippen molar-refractivity contribution in [2.75, 3.05) is 26.7 Å². The van der Waals surface area contributed by atoms with Crippen molar-refractivity contribution >= 4 is 5.91 Å². The predicted octanol–water partition coefficient (Wildman–Crippen LogP) is 1.27. The highest BCUT2D eigenvalue weighted by Gasteiger charge is 2.29. The summed E-state index contributed by atoms with van der Waals surface area (Å²) >= 11 is 0. The number of nitrogens with zero attached hydrogens (tertiary/aromatic N) is 2. The summed E-state index contributed by atoms with van der Waals surface area (Å²) in [7, 11) is 2.14. The van der Waals surface area contributed by atoms with E-state index >= 15 is 0 Å². The predicted molar refractivity (Wildman–Crippen MR) is 70.8 cm³/mol. The SMILES string of the molecule is CCCC1NCC(=O)N1CCN(C)C(C)CC. The number of carbonyl (C=O) groups excluding carboxylic acids is 1. The van der Waals surface area contributed by atoms with Gasteiger partial charge < -0.3 is 9.80 Å². The van der Waals surface area contributed by atoms with Crippen LogP contribution in [-0.4, -0.2) is 54.6 Å². The zero-order chi connectivity index (χ0) is 12.8. The van der Waals surface area contributed by atoms with Crippen molar-refractivity contribution in [2.24, 2.45) is 0 Å². The van der Waals surface area contributed by atoms with Crippen molar-refractivity contribution < 1.29 is 4.79 Å². The fourth-order valence-corrected chi connectivity index (χ4v) is 2.20. The van der Waals surface area contributed by atoms with Gasteiger partial charge in [-0.2, -0.15) is 0 Å². The van der Waals surface area contributed by atoms with E-state index in [1.807, 2.05) is 4.90 Å². The number of amides is 1. The lowest BCUT2D eigenvalue weighted by Gasteiger charge is -2.29. The highest BCUT2D eigenvalue weighted by molar-refractivity contribution is 5.80. The molecule has 1 N–H and O–H groups in total. The molecule has 4 nitrogen and oxygen atoms in total. The number of hydrogen-bond acceptors (Lipinski definition) is 3. The third-order valence-corrected chi connectivity index (χ3v) is 3.78. The van der Waals surface area contributed by atoms with Crippen molar-refractivity contribution in [3.8, 4) is 0 Å². The topological polar surface area (TPSA) is 35.6 Å². The minimum atomic E-state index is 0.251. The average Bonchev–Trinajstić information content (AvgIpc) is 2.67. The minimum Gasteiger partial charge on any atom is -0.325 e. The normalized spacial score (nSPS) is 22.5. The quantitative estimate of drug-likeness (QED) is 0.729. The molecule has 2 unspecified atom stereocenters. The van der Waals surface area contributed by atoms with Crippen molar-refractivity contribution in [1.82, 2.24) is 15.1 Å². The molecular formula is C13H27N3O. The molecule has 0 bridgehead atoms. The minimum absolute atomic E-state index is 0.251. The Morgan fingerprint density at radius 2 is 2.24 bits per heavy atom. The van der Waals surface area contributed by atoms with Crippen molar-refractivity contribution in [2.45, 2.75) is 52.2 Å². The Labute approximate surface area is 105 Å². The van der Waals surface area contributed by atoms with Gasteiger partial charge in [-0.3, -0.25) is 10.1 Å². The largest absolute Gasteiger partial charge is 0.325 e. The van der Waals surface area contributed by atoms with E-state index < -0.39 is 0 Å². The summed E-state index contributed by atoms with van der Waals surface area (Å²) < 4.78 is 0. The van der Waals surface area contributed by atoms with Gasteiger partial charge in [0.2, 0.25) is 5.91 Å². The van der Waals surface area contributed by atoms with Gasteiger partial charge in [0.05, 0.1) is 12.7 Å². The standard InChI is InChI=1S/C13H27N3O/c1-5-7-12-14-10-13(17)16(12)9-8-15(4)11(3)6-2/h11-12,14H,5-10H2,1-4H3. The van der Waals surface area contributed by atoms with Gasteiger partial charge in [-0.15, -0.1) is 0 Å². The molecule has 0 saturated carbocycles. The molecule has 0 aromatic carbocycles. The van der Waals surface area contributed by atoms with Crippen LogP contribution in [0.4, 0.5) is 0 Å². The van der Waals surface area contributed by atoms with Crippen LogP contribution in [0.1, 0.15) is 40.0 Å². The summed E-state index contributed by atoms with van der Waals surface area (Å²) in [6, 6.07) is 0.588. The monoisotopic (exact) mass is 241 g/mol. The van der Waals surface area contributed by atoms with Gasteiger partial charge in [0.1, 0.15) is 0 Å². The molecule has 0 aromatic heterocycles. The van der Waals surface area contributed by atoms with Crippen molar-refractivity contribution in [3.05, 3.63) is 0 Å². The first-order valence-electron chi connectivity index (χ1n) is 6.83. The molecule has 0 radical (unpaired) electrons. The van der Waals surface area contributed by atoms with Crippen LogP contribution >= 0.6 is 0 Å². The lowest BCUT2D eigenvalue weighted by atomic mass is 10.2. The van der Waals surface area contributed by atoms with Crippen molar-refractivity contribution in [1.29, 1.82) is 0 Å².